The van der Waals surface area contributed by atoms with Crippen LogP contribution in [0.25, 0.3) is 0 Å². The standard InChI is InChI=1S/C19H30N2O4/c1-2-24-17-5-7-18(8-6-17)25-13-10-20-19(23)15-21-11-3-4-16(14-21)9-12-22/h5-8,16,22H,2-4,9-15H2,1H3,(H,20,23). The SMILES string of the molecule is CCOc1ccc(OCCNC(=O)CN2CCCC(CCO)C2)cc1. The van der Waals surface area contributed by atoms with Gasteiger partial charge < -0.3 is 19.9 Å². The highest BCUT2D eigenvalue weighted by Crippen LogP contribution is 2.19. The van der Waals surface area contributed by atoms with Gasteiger partial charge in [-0.1, -0.05) is 0 Å². The van der Waals surface area contributed by atoms with Gasteiger partial charge in [-0.25, -0.2) is 0 Å². The molecule has 0 radical (unpaired) electrons. The van der Waals surface area contributed by atoms with E-state index in [1.54, 1.807) is 0 Å². The second kappa shape index (κ2) is 10.9. The van der Waals surface area contributed by atoms with Crippen LogP contribution in [0.2, 0.25) is 0 Å². The number of aliphatic hydroxyl groups excluding tert-OH is 1. The first kappa shape index (κ1) is 19.5. The Bertz CT molecular complexity index is 505. The number of hydrogen-bond acceptors (Lipinski definition) is 5. The fraction of sp³-hybridized carbons (Fsp3) is 0.632. The van der Waals surface area contributed by atoms with Crippen molar-refractivity contribution in [3.8, 4) is 11.5 Å². The molecule has 6 nitrogen and oxygen atoms in total. The third kappa shape index (κ3) is 7.32. The number of carbonyl (C=O) groups excluding carboxylic acids is 1. The van der Waals surface area contributed by atoms with Gasteiger partial charge in [-0.05, 0) is 62.9 Å². The number of nitrogens with zero attached hydrogens (tertiary/aromatic N) is 1. The van der Waals surface area contributed by atoms with E-state index >= 15 is 0 Å². The third-order valence-corrected chi connectivity index (χ3v) is 4.34. The van der Waals surface area contributed by atoms with Gasteiger partial charge in [-0.15, -0.1) is 0 Å². The number of benzene rings is 1. The van der Waals surface area contributed by atoms with Gasteiger partial charge in [0.05, 0.1) is 19.7 Å². The molecule has 0 spiro atoms. The molecule has 1 aromatic carbocycles. The summed E-state index contributed by atoms with van der Waals surface area (Å²) in [5.41, 5.74) is 0. The van der Waals surface area contributed by atoms with Crippen LogP contribution in [0.5, 0.6) is 11.5 Å². The lowest BCUT2D eigenvalue weighted by Gasteiger charge is -2.31. The topological polar surface area (TPSA) is 71.0 Å². The van der Waals surface area contributed by atoms with Gasteiger partial charge in [-0.3, -0.25) is 9.69 Å². The van der Waals surface area contributed by atoms with Crippen LogP contribution in [0.3, 0.4) is 0 Å². The smallest absolute Gasteiger partial charge is 0.234 e. The van der Waals surface area contributed by atoms with Crippen LogP contribution in [0.4, 0.5) is 0 Å². The van der Waals surface area contributed by atoms with E-state index in [9.17, 15) is 4.79 Å². The van der Waals surface area contributed by atoms with Crippen molar-refractivity contribution in [1.82, 2.24) is 10.2 Å². The molecule has 1 amide bonds. The number of likely N-dealkylation sites (tertiary alicyclic amines) is 1. The Morgan fingerprint density at radius 1 is 1.28 bits per heavy atom. The number of nitrogens with one attached hydrogen (secondary N) is 1. The Hall–Kier alpha value is -1.79. The number of piperidine rings is 1. The van der Waals surface area contributed by atoms with Crippen LogP contribution in [-0.4, -0.2) is 61.9 Å². The lowest BCUT2D eigenvalue weighted by atomic mass is 9.95. The Kier molecular flexibility index (Phi) is 8.55. The van der Waals surface area contributed by atoms with E-state index in [2.05, 4.69) is 10.2 Å². The number of carbonyl (C=O) groups is 1. The molecule has 140 valence electrons. The Labute approximate surface area is 150 Å². The highest BCUT2D eigenvalue weighted by atomic mass is 16.5. The van der Waals surface area contributed by atoms with Crippen LogP contribution < -0.4 is 14.8 Å². The van der Waals surface area contributed by atoms with Crippen molar-refractivity contribution in [2.75, 3.05) is 46.0 Å². The summed E-state index contributed by atoms with van der Waals surface area (Å²) >= 11 is 0. The molecule has 0 aliphatic carbocycles. The molecule has 0 aromatic heterocycles. The molecule has 1 aliphatic heterocycles. The van der Waals surface area contributed by atoms with Gasteiger partial charge in [-0.2, -0.15) is 0 Å². The van der Waals surface area contributed by atoms with Crippen LogP contribution in [-0.2, 0) is 4.79 Å². The first-order chi connectivity index (χ1) is 12.2. The van der Waals surface area contributed by atoms with Crippen molar-refractivity contribution in [2.24, 2.45) is 5.92 Å². The van der Waals surface area contributed by atoms with Crippen molar-refractivity contribution in [2.45, 2.75) is 26.2 Å². The van der Waals surface area contributed by atoms with E-state index in [-0.39, 0.29) is 12.5 Å². The molecule has 1 saturated heterocycles. The van der Waals surface area contributed by atoms with Gasteiger partial charge in [0.1, 0.15) is 18.1 Å². The molecule has 1 atom stereocenters. The van der Waals surface area contributed by atoms with Crippen LogP contribution >= 0.6 is 0 Å². The molecule has 0 saturated carbocycles. The lowest BCUT2D eigenvalue weighted by molar-refractivity contribution is -0.122. The summed E-state index contributed by atoms with van der Waals surface area (Å²) in [6.45, 7) is 6.02. The minimum atomic E-state index is 0.0277. The van der Waals surface area contributed by atoms with Crippen molar-refractivity contribution in [3.05, 3.63) is 24.3 Å². The van der Waals surface area contributed by atoms with Crippen LogP contribution in [0.1, 0.15) is 26.2 Å². The predicted molar refractivity (Wildman–Crippen MR) is 97.0 cm³/mol. The quantitative estimate of drug-likeness (QED) is 0.628. The summed E-state index contributed by atoms with van der Waals surface area (Å²) in [6.07, 6.45) is 3.07. The highest BCUT2D eigenvalue weighted by Gasteiger charge is 2.20. The zero-order valence-corrected chi connectivity index (χ0v) is 15.1. The number of amides is 1. The monoisotopic (exact) mass is 350 g/mol. The van der Waals surface area contributed by atoms with Crippen molar-refractivity contribution in [3.63, 3.8) is 0 Å². The van der Waals surface area contributed by atoms with Crippen molar-refractivity contribution in [1.29, 1.82) is 0 Å². The summed E-state index contributed by atoms with van der Waals surface area (Å²) in [5.74, 6) is 2.12. The van der Waals surface area contributed by atoms with Gasteiger partial charge >= 0.3 is 0 Å². The fourth-order valence-electron chi connectivity index (χ4n) is 3.13. The Balaban J connectivity index is 1.60. The predicted octanol–water partition coefficient (Wildman–Crippen LogP) is 1.67. The lowest BCUT2D eigenvalue weighted by Crippen LogP contribution is -2.43. The van der Waals surface area contributed by atoms with E-state index < -0.39 is 0 Å². The molecule has 2 N–H and O–H groups in total. The van der Waals surface area contributed by atoms with E-state index in [0.717, 1.165) is 43.9 Å². The summed E-state index contributed by atoms with van der Waals surface area (Å²) in [5, 5.41) is 11.9. The second-order valence-corrected chi connectivity index (χ2v) is 6.36. The van der Waals surface area contributed by atoms with Gasteiger partial charge in [0.25, 0.3) is 0 Å². The maximum Gasteiger partial charge on any atom is 0.234 e. The largest absolute Gasteiger partial charge is 0.494 e. The summed E-state index contributed by atoms with van der Waals surface area (Å²) < 4.78 is 11.0. The first-order valence-electron chi connectivity index (χ1n) is 9.16. The number of aliphatic hydroxyl groups is 1. The number of rotatable bonds is 10. The van der Waals surface area contributed by atoms with Crippen molar-refractivity contribution >= 4 is 5.91 Å². The minimum absolute atomic E-state index is 0.0277. The van der Waals surface area contributed by atoms with Gasteiger partial charge in [0, 0.05) is 13.2 Å². The maximum atomic E-state index is 12.0. The fourth-order valence-corrected chi connectivity index (χ4v) is 3.13. The number of hydrogen-bond donors (Lipinski definition) is 2. The molecular formula is C19H30N2O4. The molecule has 1 fully saturated rings. The van der Waals surface area contributed by atoms with Crippen LogP contribution in [0.15, 0.2) is 24.3 Å². The zero-order chi connectivity index (χ0) is 17.9. The Morgan fingerprint density at radius 3 is 2.68 bits per heavy atom. The molecule has 25 heavy (non-hydrogen) atoms. The number of ether oxygens (including phenoxy) is 2. The van der Waals surface area contributed by atoms with Gasteiger partial charge in [0.15, 0.2) is 0 Å². The van der Waals surface area contributed by atoms with E-state index in [1.165, 1.54) is 0 Å². The average molecular weight is 350 g/mol. The highest BCUT2D eigenvalue weighted by molar-refractivity contribution is 5.78. The molecule has 1 aliphatic rings. The summed E-state index contributed by atoms with van der Waals surface area (Å²) in [7, 11) is 0. The average Bonchev–Trinajstić information content (AvgIpc) is 2.61. The molecular weight excluding hydrogens is 320 g/mol. The van der Waals surface area contributed by atoms with E-state index in [4.69, 9.17) is 14.6 Å². The molecule has 6 heteroatoms. The molecule has 1 aromatic rings. The maximum absolute atomic E-state index is 12.0. The second-order valence-electron chi connectivity index (χ2n) is 6.36. The van der Waals surface area contributed by atoms with Crippen LogP contribution in [0, 0.1) is 5.92 Å². The molecule has 1 unspecified atom stereocenters. The normalized spacial score (nSPS) is 17.9. The minimum Gasteiger partial charge on any atom is -0.494 e. The van der Waals surface area contributed by atoms with E-state index in [1.807, 2.05) is 31.2 Å². The molecule has 2 rings (SSSR count). The molecule has 1 heterocycles. The van der Waals surface area contributed by atoms with E-state index in [0.29, 0.717) is 32.2 Å². The zero-order valence-electron chi connectivity index (χ0n) is 15.1. The summed E-state index contributed by atoms with van der Waals surface area (Å²) in [4.78, 5) is 14.2. The summed E-state index contributed by atoms with van der Waals surface area (Å²) in [6, 6.07) is 7.47. The third-order valence-electron chi connectivity index (χ3n) is 4.34. The first-order valence-corrected chi connectivity index (χ1v) is 9.16. The van der Waals surface area contributed by atoms with Gasteiger partial charge in [0.2, 0.25) is 5.91 Å². The van der Waals surface area contributed by atoms with Crippen molar-refractivity contribution < 1.29 is 19.4 Å². The molecule has 0 bridgehead atoms. The Morgan fingerprint density at radius 2 is 2.00 bits per heavy atom.